The molecule has 1 aliphatic rings. The summed E-state index contributed by atoms with van der Waals surface area (Å²) in [6, 6.07) is 4.86. The number of nitriles is 1. The minimum atomic E-state index is -3.75. The predicted molar refractivity (Wildman–Crippen MR) is 62.8 cm³/mol. The van der Waals surface area contributed by atoms with E-state index < -0.39 is 15.3 Å². The van der Waals surface area contributed by atoms with Crippen LogP contribution in [-0.4, -0.2) is 31.1 Å². The van der Waals surface area contributed by atoms with Crippen LogP contribution < -0.4 is 10.0 Å². The number of nitrogens with zero attached hydrogens (tertiary/aromatic N) is 3. The molecule has 1 aromatic heterocycles. The molecular formula is C10H10N4O3S. The monoisotopic (exact) mass is 266 g/mol. The Bertz CT molecular complexity index is 635. The number of aromatic nitrogens is 1. The van der Waals surface area contributed by atoms with E-state index >= 15 is 0 Å². The van der Waals surface area contributed by atoms with Gasteiger partial charge in [0.25, 0.3) is 0 Å². The Morgan fingerprint density at radius 3 is 2.83 bits per heavy atom. The zero-order valence-corrected chi connectivity index (χ0v) is 10.1. The van der Waals surface area contributed by atoms with E-state index in [1.54, 1.807) is 0 Å². The van der Waals surface area contributed by atoms with Crippen LogP contribution in [0.3, 0.4) is 0 Å². The lowest BCUT2D eigenvalue weighted by Gasteiger charge is -2.14. The van der Waals surface area contributed by atoms with Crippen LogP contribution in [-0.2, 0) is 14.8 Å². The van der Waals surface area contributed by atoms with Gasteiger partial charge in [-0.2, -0.15) is 5.26 Å². The summed E-state index contributed by atoms with van der Waals surface area (Å²) < 4.78 is 22.4. The standard InChI is InChI=1S/C10H10N4O3S/c11-5-7-1-2-13-9(3-7)14-6-8(4-10(14)15)18(12,16)17/h1-3,8H,4,6H2,(H2,12,16,17). The molecule has 18 heavy (non-hydrogen) atoms. The van der Waals surface area contributed by atoms with Crippen molar-refractivity contribution < 1.29 is 13.2 Å². The molecule has 0 aliphatic carbocycles. The van der Waals surface area contributed by atoms with Crippen LogP contribution in [0, 0.1) is 11.3 Å². The van der Waals surface area contributed by atoms with Gasteiger partial charge in [0.05, 0.1) is 11.6 Å². The number of hydrogen-bond acceptors (Lipinski definition) is 5. The summed E-state index contributed by atoms with van der Waals surface area (Å²) in [6.07, 6.45) is 1.24. The van der Waals surface area contributed by atoms with Crippen molar-refractivity contribution in [2.75, 3.05) is 11.4 Å². The van der Waals surface area contributed by atoms with Crippen LogP contribution in [0.1, 0.15) is 12.0 Å². The van der Waals surface area contributed by atoms with E-state index in [0.717, 1.165) is 0 Å². The number of rotatable bonds is 2. The summed E-state index contributed by atoms with van der Waals surface area (Å²) in [4.78, 5) is 16.9. The molecule has 2 heterocycles. The Morgan fingerprint density at radius 2 is 2.28 bits per heavy atom. The van der Waals surface area contributed by atoms with Crippen molar-refractivity contribution in [1.29, 1.82) is 5.26 Å². The fourth-order valence-corrected chi connectivity index (χ4v) is 2.48. The number of sulfonamides is 1. The molecule has 1 amide bonds. The maximum absolute atomic E-state index is 11.7. The number of hydrogen-bond donors (Lipinski definition) is 1. The highest BCUT2D eigenvalue weighted by Crippen LogP contribution is 2.22. The molecule has 1 fully saturated rings. The SMILES string of the molecule is N#Cc1ccnc(N2CC(S(N)(=O)=O)CC2=O)c1. The van der Waals surface area contributed by atoms with Crippen LogP contribution in [0.25, 0.3) is 0 Å². The average molecular weight is 266 g/mol. The molecule has 0 aromatic carbocycles. The fourth-order valence-electron chi connectivity index (χ4n) is 1.75. The number of pyridine rings is 1. The topological polar surface area (TPSA) is 117 Å². The van der Waals surface area contributed by atoms with Crippen molar-refractivity contribution in [2.45, 2.75) is 11.7 Å². The highest BCUT2D eigenvalue weighted by Gasteiger charge is 2.37. The summed E-state index contributed by atoms with van der Waals surface area (Å²) in [6.45, 7) is -0.0282. The molecule has 0 bridgehead atoms. The third-order valence-corrected chi connectivity index (χ3v) is 3.95. The van der Waals surface area contributed by atoms with Crippen molar-refractivity contribution in [3.05, 3.63) is 23.9 Å². The Labute approximate surface area is 104 Å². The normalized spacial score (nSPS) is 19.9. The molecular weight excluding hydrogens is 256 g/mol. The van der Waals surface area contributed by atoms with E-state index in [2.05, 4.69) is 4.98 Å². The van der Waals surface area contributed by atoms with Gasteiger partial charge in [0, 0.05) is 19.2 Å². The van der Waals surface area contributed by atoms with E-state index in [-0.39, 0.29) is 24.7 Å². The summed E-state index contributed by atoms with van der Waals surface area (Å²) >= 11 is 0. The zero-order chi connectivity index (χ0) is 13.3. The number of anilines is 1. The number of primary sulfonamides is 1. The molecule has 2 N–H and O–H groups in total. The van der Waals surface area contributed by atoms with Crippen LogP contribution >= 0.6 is 0 Å². The molecule has 2 rings (SSSR count). The van der Waals surface area contributed by atoms with Gasteiger partial charge in [-0.1, -0.05) is 0 Å². The van der Waals surface area contributed by atoms with E-state index in [1.807, 2.05) is 6.07 Å². The Kier molecular flexibility index (Phi) is 3.02. The lowest BCUT2D eigenvalue weighted by Crippen LogP contribution is -2.32. The van der Waals surface area contributed by atoms with Gasteiger partial charge in [-0.25, -0.2) is 18.5 Å². The minimum absolute atomic E-state index is 0.0282. The Morgan fingerprint density at radius 1 is 1.56 bits per heavy atom. The highest BCUT2D eigenvalue weighted by atomic mass is 32.2. The molecule has 1 saturated heterocycles. The van der Waals surface area contributed by atoms with Gasteiger partial charge in [0.15, 0.2) is 0 Å². The van der Waals surface area contributed by atoms with Crippen molar-refractivity contribution in [1.82, 2.24) is 4.98 Å². The first kappa shape index (κ1) is 12.5. The third kappa shape index (κ3) is 2.32. The first-order chi connectivity index (χ1) is 8.41. The maximum atomic E-state index is 11.7. The maximum Gasteiger partial charge on any atom is 0.229 e. The van der Waals surface area contributed by atoms with Gasteiger partial charge in [0.1, 0.15) is 11.1 Å². The van der Waals surface area contributed by atoms with Crippen LogP contribution in [0.2, 0.25) is 0 Å². The molecule has 94 valence electrons. The van der Waals surface area contributed by atoms with E-state index in [4.69, 9.17) is 10.4 Å². The second-order valence-electron chi connectivity index (χ2n) is 3.93. The molecule has 0 saturated carbocycles. The van der Waals surface area contributed by atoms with E-state index in [0.29, 0.717) is 5.56 Å². The Hall–Kier alpha value is -1.98. The van der Waals surface area contributed by atoms with Crippen molar-refractivity contribution >= 4 is 21.7 Å². The first-order valence-corrected chi connectivity index (χ1v) is 6.71. The first-order valence-electron chi connectivity index (χ1n) is 5.10. The summed E-state index contributed by atoms with van der Waals surface area (Å²) in [5.74, 6) is -0.0955. The molecule has 1 unspecified atom stereocenters. The smallest absolute Gasteiger partial charge is 0.229 e. The van der Waals surface area contributed by atoms with Crippen LogP contribution in [0.4, 0.5) is 5.82 Å². The quantitative estimate of drug-likeness (QED) is 0.763. The number of carbonyl (C=O) groups excluding carboxylic acids is 1. The minimum Gasteiger partial charge on any atom is -0.295 e. The highest BCUT2D eigenvalue weighted by molar-refractivity contribution is 7.89. The molecule has 0 radical (unpaired) electrons. The second-order valence-corrected chi connectivity index (χ2v) is 5.78. The molecule has 7 nitrogen and oxygen atoms in total. The third-order valence-electron chi connectivity index (χ3n) is 2.71. The summed E-state index contributed by atoms with van der Waals surface area (Å²) in [5, 5.41) is 12.9. The molecule has 8 heteroatoms. The van der Waals surface area contributed by atoms with Gasteiger partial charge >= 0.3 is 0 Å². The number of nitrogens with two attached hydrogens (primary N) is 1. The van der Waals surface area contributed by atoms with E-state index in [9.17, 15) is 13.2 Å². The predicted octanol–water partition coefficient (Wildman–Crippen LogP) is -0.653. The van der Waals surface area contributed by atoms with Gasteiger partial charge in [-0.05, 0) is 12.1 Å². The van der Waals surface area contributed by atoms with E-state index in [1.165, 1.54) is 23.2 Å². The molecule has 1 atom stereocenters. The Balaban J connectivity index is 2.30. The zero-order valence-electron chi connectivity index (χ0n) is 9.28. The fraction of sp³-hybridized carbons (Fsp3) is 0.300. The number of amides is 1. The average Bonchev–Trinajstić information content (AvgIpc) is 2.71. The van der Waals surface area contributed by atoms with Gasteiger partial charge < -0.3 is 0 Å². The molecule has 1 aliphatic heterocycles. The summed E-state index contributed by atoms with van der Waals surface area (Å²) in [5.41, 5.74) is 0.354. The van der Waals surface area contributed by atoms with Gasteiger partial charge in [0.2, 0.25) is 15.9 Å². The van der Waals surface area contributed by atoms with Gasteiger partial charge in [-0.3, -0.25) is 9.69 Å². The van der Waals surface area contributed by atoms with Gasteiger partial charge in [-0.15, -0.1) is 0 Å². The lowest BCUT2D eigenvalue weighted by molar-refractivity contribution is -0.117. The lowest BCUT2D eigenvalue weighted by atomic mass is 10.3. The second kappa shape index (κ2) is 4.36. The molecule has 1 aromatic rings. The van der Waals surface area contributed by atoms with Crippen LogP contribution in [0.5, 0.6) is 0 Å². The van der Waals surface area contributed by atoms with Crippen LogP contribution in [0.15, 0.2) is 18.3 Å². The summed E-state index contributed by atoms with van der Waals surface area (Å²) in [7, 11) is -3.75. The number of carbonyl (C=O) groups is 1. The van der Waals surface area contributed by atoms with Crippen molar-refractivity contribution in [3.8, 4) is 6.07 Å². The van der Waals surface area contributed by atoms with Crippen molar-refractivity contribution in [2.24, 2.45) is 5.14 Å². The molecule has 0 spiro atoms. The van der Waals surface area contributed by atoms with Crippen molar-refractivity contribution in [3.63, 3.8) is 0 Å². The largest absolute Gasteiger partial charge is 0.295 e.